The van der Waals surface area contributed by atoms with E-state index in [0.717, 1.165) is 38.5 Å². The van der Waals surface area contributed by atoms with Crippen LogP contribution in [0.3, 0.4) is 0 Å². The Morgan fingerprint density at radius 3 is 1.15 bits per heavy atom. The first-order valence-corrected chi connectivity index (χ1v) is 23.1. The van der Waals surface area contributed by atoms with Crippen molar-refractivity contribution in [3.8, 4) is 0 Å². The minimum absolute atomic E-state index is 0.367. The molecule has 0 radical (unpaired) electrons. The van der Waals surface area contributed by atoms with Crippen LogP contribution < -0.4 is 5.32 Å². The molecule has 0 aromatic rings. The Hall–Kier alpha value is -0.950. The minimum Gasteiger partial charge on any atom is -0.394 e. The van der Waals surface area contributed by atoms with E-state index in [0.29, 0.717) is 19.3 Å². The van der Waals surface area contributed by atoms with E-state index in [1.807, 2.05) is 0 Å². The first-order chi connectivity index (χ1) is 25.5. The highest BCUT2D eigenvalue weighted by Gasteiger charge is 2.28. The van der Waals surface area contributed by atoms with Gasteiger partial charge in [-0.1, -0.05) is 225 Å². The number of hydrogen-bond donors (Lipinski definition) is 5. The topological polar surface area (TPSA) is 110 Å². The van der Waals surface area contributed by atoms with Gasteiger partial charge >= 0.3 is 0 Å². The van der Waals surface area contributed by atoms with Gasteiger partial charge < -0.3 is 25.7 Å². The Balaban J connectivity index is 3.47. The summed E-state index contributed by atoms with van der Waals surface area (Å²) in [6, 6.07) is -0.994. The molecule has 0 heterocycles. The van der Waals surface area contributed by atoms with Gasteiger partial charge in [-0.2, -0.15) is 0 Å². The maximum Gasteiger partial charge on any atom is 0.249 e. The van der Waals surface area contributed by atoms with Gasteiger partial charge in [0, 0.05) is 0 Å². The molecule has 0 aromatic carbocycles. The van der Waals surface area contributed by atoms with Gasteiger partial charge in [0.2, 0.25) is 5.91 Å². The van der Waals surface area contributed by atoms with Gasteiger partial charge in [0.05, 0.1) is 18.8 Å². The van der Waals surface area contributed by atoms with Crippen molar-refractivity contribution in [1.29, 1.82) is 0 Å². The maximum absolute atomic E-state index is 12.4. The van der Waals surface area contributed by atoms with Crippen LogP contribution in [-0.4, -0.2) is 57.3 Å². The number of aliphatic hydroxyl groups excluding tert-OH is 4. The molecule has 0 aliphatic heterocycles. The third-order valence-electron chi connectivity index (χ3n) is 11.0. The lowest BCUT2D eigenvalue weighted by molar-refractivity contribution is -0.132. The highest BCUT2D eigenvalue weighted by atomic mass is 16.3. The minimum atomic E-state index is -1.27. The number of carbonyl (C=O) groups is 1. The fourth-order valence-corrected chi connectivity index (χ4v) is 7.30. The number of carbonyl (C=O) groups excluding carboxylic acids is 1. The number of amides is 1. The van der Waals surface area contributed by atoms with Gasteiger partial charge in [-0.25, -0.2) is 0 Å². The summed E-state index contributed by atoms with van der Waals surface area (Å²) in [4.78, 5) is 12.4. The van der Waals surface area contributed by atoms with Gasteiger partial charge in [0.1, 0.15) is 12.2 Å². The molecule has 6 heteroatoms. The lowest BCUT2D eigenvalue weighted by Crippen LogP contribution is -2.53. The molecular weight excluding hydrogens is 647 g/mol. The van der Waals surface area contributed by atoms with E-state index < -0.39 is 36.9 Å². The van der Waals surface area contributed by atoms with Crippen molar-refractivity contribution < 1.29 is 25.2 Å². The zero-order valence-corrected chi connectivity index (χ0v) is 34.8. The molecule has 0 aliphatic carbocycles. The third-order valence-corrected chi connectivity index (χ3v) is 11.0. The highest BCUT2D eigenvalue weighted by molar-refractivity contribution is 5.80. The summed E-state index contributed by atoms with van der Waals surface area (Å²) in [5.74, 6) is -0.594. The lowest BCUT2D eigenvalue weighted by atomic mass is 10.00. The van der Waals surface area contributed by atoms with E-state index in [9.17, 15) is 25.2 Å². The van der Waals surface area contributed by atoms with Crippen LogP contribution in [0, 0.1) is 0 Å². The maximum atomic E-state index is 12.4. The zero-order chi connectivity index (χ0) is 38.2. The second-order valence-corrected chi connectivity index (χ2v) is 16.1. The van der Waals surface area contributed by atoms with Gasteiger partial charge in [-0.05, 0) is 32.1 Å². The molecule has 0 saturated heterocycles. The van der Waals surface area contributed by atoms with Crippen LogP contribution >= 0.6 is 0 Å². The van der Waals surface area contributed by atoms with Crippen LogP contribution in [0.4, 0.5) is 0 Å². The number of unbranched alkanes of at least 4 members (excludes halogenated alkanes) is 31. The zero-order valence-electron chi connectivity index (χ0n) is 34.8. The predicted molar refractivity (Wildman–Crippen MR) is 224 cm³/mol. The van der Waals surface area contributed by atoms with Crippen molar-refractivity contribution in [2.45, 2.75) is 269 Å². The van der Waals surface area contributed by atoms with Crippen molar-refractivity contribution >= 4 is 5.91 Å². The van der Waals surface area contributed by atoms with E-state index in [4.69, 9.17) is 0 Å². The van der Waals surface area contributed by atoms with E-state index in [1.54, 1.807) is 0 Å². The fraction of sp³-hybridized carbons (Fsp3) is 0.935. The Labute approximate surface area is 323 Å². The molecule has 0 aromatic heterocycles. The van der Waals surface area contributed by atoms with Crippen LogP contribution in [-0.2, 0) is 4.79 Å². The number of rotatable bonds is 42. The molecule has 1 amide bonds. The molecule has 0 rings (SSSR count). The number of aliphatic hydroxyl groups is 4. The molecule has 0 saturated carbocycles. The number of allylic oxidation sites excluding steroid dienone is 2. The number of nitrogens with one attached hydrogen (secondary N) is 1. The second-order valence-electron chi connectivity index (χ2n) is 16.1. The van der Waals surface area contributed by atoms with Crippen LogP contribution in [0.5, 0.6) is 0 Å². The van der Waals surface area contributed by atoms with E-state index in [2.05, 4.69) is 31.3 Å². The monoisotopic (exact) mass is 738 g/mol. The van der Waals surface area contributed by atoms with Crippen molar-refractivity contribution in [2.75, 3.05) is 6.61 Å². The Kier molecular flexibility index (Phi) is 40.5. The molecule has 0 aliphatic rings. The molecule has 0 spiro atoms. The summed E-state index contributed by atoms with van der Waals surface area (Å²) in [5, 5.41) is 43.2. The molecule has 0 bridgehead atoms. The first kappa shape index (κ1) is 51.0. The summed E-state index contributed by atoms with van der Waals surface area (Å²) in [6.07, 6.45) is 46.1. The largest absolute Gasteiger partial charge is 0.394 e. The van der Waals surface area contributed by atoms with Gasteiger partial charge in [0.15, 0.2) is 0 Å². The summed E-state index contributed by atoms with van der Waals surface area (Å²) >= 11 is 0. The van der Waals surface area contributed by atoms with Crippen molar-refractivity contribution in [2.24, 2.45) is 0 Å². The summed E-state index contributed by atoms with van der Waals surface area (Å²) in [6.45, 7) is 3.92. The standard InChI is InChI=1S/C46H91NO5/c1-3-5-7-9-11-12-13-14-15-16-17-18-19-20-21-22-23-24-25-26-27-28-29-30-31-32-33-34-36-38-40-44(50)46(52)47-42(41-48)45(51)43(49)39-37-35-10-8-6-4-2/h8,10,42-45,48-51H,3-7,9,11-41H2,1-2H3,(H,47,52)/b10-8+. The lowest BCUT2D eigenvalue weighted by Gasteiger charge is -2.27. The van der Waals surface area contributed by atoms with E-state index in [-0.39, 0.29) is 0 Å². The van der Waals surface area contributed by atoms with Crippen molar-refractivity contribution in [3.63, 3.8) is 0 Å². The summed E-state index contributed by atoms with van der Waals surface area (Å²) in [7, 11) is 0. The molecule has 6 nitrogen and oxygen atoms in total. The molecule has 5 N–H and O–H groups in total. The molecule has 310 valence electrons. The summed E-state index contributed by atoms with van der Waals surface area (Å²) in [5.41, 5.74) is 0. The summed E-state index contributed by atoms with van der Waals surface area (Å²) < 4.78 is 0. The smallest absolute Gasteiger partial charge is 0.249 e. The molecule has 4 unspecified atom stereocenters. The van der Waals surface area contributed by atoms with Crippen molar-refractivity contribution in [3.05, 3.63) is 12.2 Å². The normalized spacial score (nSPS) is 14.2. The quantitative estimate of drug-likeness (QED) is 0.0316. The highest BCUT2D eigenvalue weighted by Crippen LogP contribution is 2.17. The van der Waals surface area contributed by atoms with E-state index in [1.165, 1.54) is 173 Å². The van der Waals surface area contributed by atoms with Crippen molar-refractivity contribution in [1.82, 2.24) is 5.32 Å². The SMILES string of the molecule is CCC/C=C/CCCC(O)C(O)C(CO)NC(=O)C(O)CCCCCCCCCCCCCCCCCCCCCCCCCCCCCCCC. The third kappa shape index (κ3) is 34.8. The van der Waals surface area contributed by atoms with Crippen LogP contribution in [0.25, 0.3) is 0 Å². The van der Waals surface area contributed by atoms with Gasteiger partial charge in [-0.15, -0.1) is 0 Å². The predicted octanol–water partition coefficient (Wildman–Crippen LogP) is 12.2. The molecular formula is C46H91NO5. The average molecular weight is 738 g/mol. The van der Waals surface area contributed by atoms with Gasteiger partial charge in [0.25, 0.3) is 0 Å². The van der Waals surface area contributed by atoms with Crippen LogP contribution in [0.15, 0.2) is 12.2 Å². The average Bonchev–Trinajstić information content (AvgIpc) is 3.15. The Bertz CT molecular complexity index is 746. The van der Waals surface area contributed by atoms with Crippen LogP contribution in [0.1, 0.15) is 245 Å². The molecule has 0 fully saturated rings. The second kappa shape index (κ2) is 41.2. The van der Waals surface area contributed by atoms with E-state index >= 15 is 0 Å². The first-order valence-electron chi connectivity index (χ1n) is 23.1. The fourth-order valence-electron chi connectivity index (χ4n) is 7.30. The molecule has 52 heavy (non-hydrogen) atoms. The molecule has 4 atom stereocenters. The number of hydrogen-bond acceptors (Lipinski definition) is 5. The Morgan fingerprint density at radius 2 is 0.808 bits per heavy atom. The van der Waals surface area contributed by atoms with Gasteiger partial charge in [-0.3, -0.25) is 4.79 Å². The Morgan fingerprint density at radius 1 is 0.462 bits per heavy atom. The van der Waals surface area contributed by atoms with Crippen LogP contribution in [0.2, 0.25) is 0 Å².